The smallest absolute Gasteiger partial charge is 0.285 e. The number of aromatic nitrogens is 3. The number of fused-ring (bicyclic) bond motifs is 1. The van der Waals surface area contributed by atoms with Gasteiger partial charge in [-0.05, 0) is 24.5 Å². The standard InChI is InChI=1S/C15H18N4O2/c1-11(2)8-9-18-14(20)16-13-10-17(15(21)19(13)18)12-6-4-3-5-7-12/h3-7,11H,8-10H2,1-2H3. The molecule has 6 nitrogen and oxygen atoms in total. The van der Waals surface area contributed by atoms with Crippen molar-refractivity contribution in [1.29, 1.82) is 0 Å². The third-order valence-electron chi connectivity index (χ3n) is 3.63. The van der Waals surface area contributed by atoms with Gasteiger partial charge in [0, 0.05) is 12.2 Å². The first-order valence-electron chi connectivity index (χ1n) is 7.13. The van der Waals surface area contributed by atoms with Crippen LogP contribution in [0.1, 0.15) is 26.1 Å². The molecule has 1 aromatic heterocycles. The molecule has 3 rings (SSSR count). The SMILES string of the molecule is CC(C)CCn1c(=O)nc2n1C(=O)N(c1ccccc1)C2. The second-order valence-corrected chi connectivity index (χ2v) is 5.63. The van der Waals surface area contributed by atoms with E-state index in [1.807, 2.05) is 30.3 Å². The van der Waals surface area contributed by atoms with Crippen LogP contribution in [0.2, 0.25) is 0 Å². The van der Waals surface area contributed by atoms with Gasteiger partial charge >= 0.3 is 11.7 Å². The number of hydrogen-bond acceptors (Lipinski definition) is 3. The summed E-state index contributed by atoms with van der Waals surface area (Å²) in [5.41, 5.74) is 0.475. The van der Waals surface area contributed by atoms with Crippen LogP contribution in [-0.2, 0) is 13.1 Å². The summed E-state index contributed by atoms with van der Waals surface area (Å²) in [6.45, 7) is 5.03. The molecular formula is C15H18N4O2. The van der Waals surface area contributed by atoms with Crippen molar-refractivity contribution in [3.8, 4) is 0 Å². The van der Waals surface area contributed by atoms with Gasteiger partial charge in [0.05, 0.1) is 6.54 Å². The molecule has 110 valence electrons. The van der Waals surface area contributed by atoms with Gasteiger partial charge in [0.2, 0.25) is 0 Å². The van der Waals surface area contributed by atoms with Gasteiger partial charge in [0.1, 0.15) is 0 Å². The minimum Gasteiger partial charge on any atom is -0.285 e. The summed E-state index contributed by atoms with van der Waals surface area (Å²) in [5.74, 6) is 0.974. The van der Waals surface area contributed by atoms with E-state index in [2.05, 4.69) is 18.8 Å². The van der Waals surface area contributed by atoms with Gasteiger partial charge in [-0.25, -0.2) is 14.3 Å². The van der Waals surface area contributed by atoms with Crippen molar-refractivity contribution in [3.05, 3.63) is 46.6 Å². The summed E-state index contributed by atoms with van der Waals surface area (Å²) in [4.78, 5) is 30.1. The maximum Gasteiger partial charge on any atom is 0.364 e. The molecule has 1 aliphatic heterocycles. The Hall–Kier alpha value is -2.37. The van der Waals surface area contributed by atoms with Crippen LogP contribution < -0.4 is 10.6 Å². The molecule has 0 spiro atoms. The Kier molecular flexibility index (Phi) is 3.37. The average molecular weight is 286 g/mol. The van der Waals surface area contributed by atoms with Crippen molar-refractivity contribution in [2.45, 2.75) is 33.4 Å². The highest BCUT2D eigenvalue weighted by atomic mass is 16.2. The van der Waals surface area contributed by atoms with E-state index < -0.39 is 0 Å². The molecule has 2 heterocycles. The van der Waals surface area contributed by atoms with Gasteiger partial charge in [-0.2, -0.15) is 9.67 Å². The summed E-state index contributed by atoms with van der Waals surface area (Å²) < 4.78 is 2.86. The highest BCUT2D eigenvalue weighted by Crippen LogP contribution is 2.22. The van der Waals surface area contributed by atoms with Crippen molar-refractivity contribution in [2.24, 2.45) is 5.92 Å². The highest BCUT2D eigenvalue weighted by Gasteiger charge is 2.32. The lowest BCUT2D eigenvalue weighted by molar-refractivity contribution is 0.243. The molecular weight excluding hydrogens is 268 g/mol. The quantitative estimate of drug-likeness (QED) is 0.864. The van der Waals surface area contributed by atoms with Crippen molar-refractivity contribution in [1.82, 2.24) is 14.3 Å². The van der Waals surface area contributed by atoms with Gasteiger partial charge in [-0.3, -0.25) is 4.90 Å². The van der Waals surface area contributed by atoms with Gasteiger partial charge in [0.15, 0.2) is 5.82 Å². The molecule has 0 aliphatic carbocycles. The number of anilines is 1. The third-order valence-corrected chi connectivity index (χ3v) is 3.63. The first kappa shape index (κ1) is 13.6. The first-order chi connectivity index (χ1) is 10.1. The van der Waals surface area contributed by atoms with E-state index in [0.29, 0.717) is 24.8 Å². The maximum atomic E-state index is 12.6. The second kappa shape index (κ2) is 5.20. The van der Waals surface area contributed by atoms with E-state index in [9.17, 15) is 9.59 Å². The van der Waals surface area contributed by atoms with E-state index in [4.69, 9.17) is 0 Å². The largest absolute Gasteiger partial charge is 0.364 e. The van der Waals surface area contributed by atoms with Crippen LogP contribution >= 0.6 is 0 Å². The molecule has 0 atom stereocenters. The zero-order chi connectivity index (χ0) is 15.0. The molecule has 0 saturated carbocycles. The molecule has 0 bridgehead atoms. The maximum absolute atomic E-state index is 12.6. The zero-order valence-electron chi connectivity index (χ0n) is 12.2. The van der Waals surface area contributed by atoms with Crippen LogP contribution in [0, 0.1) is 5.92 Å². The predicted molar refractivity (Wildman–Crippen MR) is 79.4 cm³/mol. The Labute approximate surface area is 122 Å². The Morgan fingerprint density at radius 1 is 1.19 bits per heavy atom. The lowest BCUT2D eigenvalue weighted by atomic mass is 10.1. The van der Waals surface area contributed by atoms with Crippen LogP contribution in [0.25, 0.3) is 0 Å². The van der Waals surface area contributed by atoms with Crippen molar-refractivity contribution in [3.63, 3.8) is 0 Å². The summed E-state index contributed by atoms with van der Waals surface area (Å²) in [5, 5.41) is 0. The Balaban J connectivity index is 1.92. The van der Waals surface area contributed by atoms with Crippen molar-refractivity contribution in [2.75, 3.05) is 4.90 Å². The molecule has 0 radical (unpaired) electrons. The molecule has 1 aliphatic rings. The molecule has 2 aromatic rings. The molecule has 0 fully saturated rings. The van der Waals surface area contributed by atoms with Gasteiger partial charge in [0.25, 0.3) is 0 Å². The van der Waals surface area contributed by atoms with E-state index in [1.54, 1.807) is 4.90 Å². The molecule has 1 aromatic carbocycles. The number of para-hydroxylation sites is 1. The van der Waals surface area contributed by atoms with Gasteiger partial charge in [-0.1, -0.05) is 32.0 Å². The fourth-order valence-electron chi connectivity index (χ4n) is 2.47. The average Bonchev–Trinajstić information content (AvgIpc) is 2.94. The van der Waals surface area contributed by atoms with Crippen molar-refractivity contribution < 1.29 is 4.79 Å². The minimum absolute atomic E-state index is 0.213. The number of benzene rings is 1. The van der Waals surface area contributed by atoms with Crippen LogP contribution in [0.4, 0.5) is 10.5 Å². The Bertz CT molecular complexity index is 715. The number of amides is 1. The highest BCUT2D eigenvalue weighted by molar-refractivity contribution is 5.95. The minimum atomic E-state index is -0.341. The van der Waals surface area contributed by atoms with E-state index in [-0.39, 0.29) is 11.7 Å². The second-order valence-electron chi connectivity index (χ2n) is 5.63. The van der Waals surface area contributed by atoms with Gasteiger partial charge in [-0.15, -0.1) is 0 Å². The fraction of sp³-hybridized carbons (Fsp3) is 0.400. The van der Waals surface area contributed by atoms with E-state index in [0.717, 1.165) is 12.1 Å². The molecule has 21 heavy (non-hydrogen) atoms. The van der Waals surface area contributed by atoms with Crippen LogP contribution in [0.5, 0.6) is 0 Å². The Morgan fingerprint density at radius 2 is 1.90 bits per heavy atom. The zero-order valence-corrected chi connectivity index (χ0v) is 12.2. The van der Waals surface area contributed by atoms with Crippen LogP contribution in [0.3, 0.4) is 0 Å². The number of carbonyl (C=O) groups is 1. The lowest BCUT2D eigenvalue weighted by Crippen LogP contribution is -2.34. The topological polar surface area (TPSA) is 60.1 Å². The monoisotopic (exact) mass is 286 g/mol. The predicted octanol–water partition coefficient (Wildman–Crippen LogP) is 2.08. The first-order valence-corrected chi connectivity index (χ1v) is 7.13. The molecule has 0 unspecified atom stereocenters. The van der Waals surface area contributed by atoms with Crippen LogP contribution in [0.15, 0.2) is 35.1 Å². The van der Waals surface area contributed by atoms with E-state index >= 15 is 0 Å². The van der Waals surface area contributed by atoms with Crippen molar-refractivity contribution >= 4 is 11.7 Å². The normalized spacial score (nSPS) is 14.0. The van der Waals surface area contributed by atoms with Gasteiger partial charge < -0.3 is 0 Å². The summed E-state index contributed by atoms with van der Waals surface area (Å²) >= 11 is 0. The molecule has 0 N–H and O–H groups in total. The lowest BCUT2D eigenvalue weighted by Gasteiger charge is -2.15. The number of carbonyl (C=O) groups excluding carboxylic acids is 1. The Morgan fingerprint density at radius 3 is 2.57 bits per heavy atom. The molecule has 0 saturated heterocycles. The van der Waals surface area contributed by atoms with Crippen LogP contribution in [-0.4, -0.2) is 20.4 Å². The number of hydrogen-bond donors (Lipinski definition) is 0. The number of rotatable bonds is 4. The van der Waals surface area contributed by atoms with E-state index in [1.165, 1.54) is 9.36 Å². The molecule has 1 amide bonds. The summed E-state index contributed by atoms with van der Waals surface area (Å²) in [6.07, 6.45) is 0.837. The summed E-state index contributed by atoms with van der Waals surface area (Å²) in [7, 11) is 0. The molecule has 6 heteroatoms. The fourth-order valence-corrected chi connectivity index (χ4v) is 2.47. The number of nitrogens with zero attached hydrogens (tertiary/aromatic N) is 4. The third kappa shape index (κ3) is 2.37. The summed E-state index contributed by atoms with van der Waals surface area (Å²) in [6, 6.07) is 9.21.